The normalized spacial score (nSPS) is 15.8. The second kappa shape index (κ2) is 6.05. The first-order valence-corrected chi connectivity index (χ1v) is 9.19. The summed E-state index contributed by atoms with van der Waals surface area (Å²) in [5, 5.41) is 0.812. The monoisotopic (exact) mass is 320 g/mol. The molecule has 2 aromatic rings. The number of halogens is 1. The van der Waals surface area contributed by atoms with E-state index in [0.29, 0.717) is 4.58 Å². The van der Waals surface area contributed by atoms with Crippen LogP contribution in [-0.2, 0) is 11.5 Å². The molecule has 1 aliphatic rings. The van der Waals surface area contributed by atoms with Crippen LogP contribution in [0.3, 0.4) is 0 Å². The average Bonchev–Trinajstić information content (AvgIpc) is 2.63. The van der Waals surface area contributed by atoms with Gasteiger partial charge in [0.1, 0.15) is 0 Å². The molecule has 0 spiro atoms. The van der Waals surface area contributed by atoms with Crippen molar-refractivity contribution in [3.63, 3.8) is 0 Å². The van der Waals surface area contributed by atoms with Gasteiger partial charge in [-0.05, 0) is 53.8 Å². The third-order valence-corrected chi connectivity index (χ3v) is 6.91. The molecule has 1 aliphatic heterocycles. The molecule has 104 valence electrons. The van der Waals surface area contributed by atoms with E-state index in [2.05, 4.69) is 38.1 Å². The van der Waals surface area contributed by atoms with Crippen molar-refractivity contribution in [3.05, 3.63) is 69.2 Å². The van der Waals surface area contributed by atoms with Crippen molar-refractivity contribution in [3.8, 4) is 0 Å². The van der Waals surface area contributed by atoms with Crippen LogP contribution in [0.5, 0.6) is 0 Å². The fourth-order valence-corrected chi connectivity index (χ4v) is 5.21. The van der Waals surface area contributed by atoms with Gasteiger partial charge in [0.15, 0.2) is 0 Å². The van der Waals surface area contributed by atoms with Crippen LogP contribution in [0.1, 0.15) is 32.4 Å². The summed E-state index contributed by atoms with van der Waals surface area (Å²) in [5.74, 6) is 2.19. The molecule has 0 aliphatic carbocycles. The van der Waals surface area contributed by atoms with E-state index in [9.17, 15) is 0 Å². The summed E-state index contributed by atoms with van der Waals surface area (Å²) in [7, 11) is 0. The quantitative estimate of drug-likeness (QED) is 0.619. The molecule has 3 rings (SSSR count). The number of thioether (sulfide) groups is 2. The van der Waals surface area contributed by atoms with Gasteiger partial charge in [0.2, 0.25) is 0 Å². The lowest BCUT2D eigenvalue weighted by Crippen LogP contribution is -1.92. The summed E-state index contributed by atoms with van der Waals surface area (Å²) in [6.45, 7) is 4.41. The van der Waals surface area contributed by atoms with Crippen molar-refractivity contribution < 1.29 is 0 Å². The molecular formula is C17H17ClS2. The molecule has 0 unspecified atom stereocenters. The van der Waals surface area contributed by atoms with Gasteiger partial charge in [-0.1, -0.05) is 35.9 Å². The summed E-state index contributed by atoms with van der Waals surface area (Å²) >= 11 is 10.0. The maximum atomic E-state index is 5.98. The molecule has 0 saturated carbocycles. The summed E-state index contributed by atoms with van der Waals surface area (Å²) < 4.78 is 0.500. The van der Waals surface area contributed by atoms with Gasteiger partial charge in [-0.15, -0.1) is 23.5 Å². The van der Waals surface area contributed by atoms with Crippen LogP contribution >= 0.6 is 35.1 Å². The first-order valence-electron chi connectivity index (χ1n) is 6.71. The van der Waals surface area contributed by atoms with Gasteiger partial charge in [-0.2, -0.15) is 0 Å². The van der Waals surface area contributed by atoms with Gasteiger partial charge in [-0.3, -0.25) is 0 Å². The van der Waals surface area contributed by atoms with Gasteiger partial charge >= 0.3 is 0 Å². The second-order valence-corrected chi connectivity index (χ2v) is 8.13. The number of benzene rings is 2. The molecular weight excluding hydrogens is 304 g/mol. The summed E-state index contributed by atoms with van der Waals surface area (Å²) in [5.41, 5.74) is 7.17. The molecule has 0 N–H and O–H groups in total. The Balaban J connectivity index is 1.83. The Hall–Kier alpha value is -0.570. The van der Waals surface area contributed by atoms with Crippen molar-refractivity contribution in [1.29, 1.82) is 0 Å². The highest BCUT2D eigenvalue weighted by Gasteiger charge is 2.19. The van der Waals surface area contributed by atoms with Gasteiger partial charge in [0.05, 0.1) is 4.58 Å². The number of fused-ring (bicyclic) bond motifs is 1. The minimum atomic E-state index is 0.500. The number of rotatable bonds is 1. The fraction of sp³-hybridized carbons (Fsp3) is 0.294. The zero-order valence-electron chi connectivity index (χ0n) is 11.7. The maximum Gasteiger partial charge on any atom is 0.0757 e. The van der Waals surface area contributed by atoms with E-state index in [1.165, 1.54) is 27.8 Å². The largest absolute Gasteiger partial charge is 0.138 e. The summed E-state index contributed by atoms with van der Waals surface area (Å²) in [4.78, 5) is 0. The fourth-order valence-electron chi connectivity index (χ4n) is 2.40. The molecule has 20 heavy (non-hydrogen) atoms. The van der Waals surface area contributed by atoms with Crippen LogP contribution in [-0.4, -0.2) is 0 Å². The van der Waals surface area contributed by atoms with Crippen molar-refractivity contribution >= 4 is 35.1 Å². The summed E-state index contributed by atoms with van der Waals surface area (Å²) in [6, 6.07) is 13.0. The zero-order chi connectivity index (χ0) is 14.1. The molecule has 0 saturated heterocycles. The van der Waals surface area contributed by atoms with Crippen LogP contribution < -0.4 is 0 Å². The Kier molecular flexibility index (Phi) is 4.34. The first kappa shape index (κ1) is 14.4. The highest BCUT2D eigenvalue weighted by Crippen LogP contribution is 2.46. The molecule has 3 heteroatoms. The van der Waals surface area contributed by atoms with Crippen LogP contribution in [0.15, 0.2) is 36.4 Å². The zero-order valence-corrected chi connectivity index (χ0v) is 14.0. The lowest BCUT2D eigenvalue weighted by Gasteiger charge is -2.13. The van der Waals surface area contributed by atoms with E-state index >= 15 is 0 Å². The Morgan fingerprint density at radius 1 is 0.900 bits per heavy atom. The van der Waals surface area contributed by atoms with Crippen molar-refractivity contribution in [1.82, 2.24) is 0 Å². The highest BCUT2D eigenvalue weighted by atomic mass is 35.5. The van der Waals surface area contributed by atoms with Gasteiger partial charge in [0.25, 0.3) is 0 Å². The molecule has 0 bridgehead atoms. The summed E-state index contributed by atoms with van der Waals surface area (Å²) in [6.07, 6.45) is 0. The Morgan fingerprint density at radius 2 is 1.40 bits per heavy atom. The van der Waals surface area contributed by atoms with Gasteiger partial charge in [0, 0.05) is 16.5 Å². The minimum Gasteiger partial charge on any atom is -0.138 e. The van der Waals surface area contributed by atoms with Gasteiger partial charge < -0.3 is 0 Å². The number of aryl methyl sites for hydroxylation is 2. The lowest BCUT2D eigenvalue weighted by molar-refractivity contribution is 1.22. The molecule has 1 heterocycles. The van der Waals surface area contributed by atoms with E-state index < -0.39 is 0 Å². The van der Waals surface area contributed by atoms with E-state index in [1.807, 2.05) is 35.7 Å². The molecule has 2 aromatic carbocycles. The van der Waals surface area contributed by atoms with Crippen LogP contribution in [0, 0.1) is 13.8 Å². The maximum absolute atomic E-state index is 5.98. The first-order chi connectivity index (χ1) is 9.63. The van der Waals surface area contributed by atoms with Crippen molar-refractivity contribution in [2.75, 3.05) is 0 Å². The topological polar surface area (TPSA) is 0 Å². The van der Waals surface area contributed by atoms with Crippen molar-refractivity contribution in [2.24, 2.45) is 0 Å². The second-order valence-electron chi connectivity index (χ2n) is 5.21. The van der Waals surface area contributed by atoms with E-state index in [0.717, 1.165) is 16.5 Å². The predicted octanol–water partition coefficient (Wildman–Crippen LogP) is 6.14. The number of hydrogen-bond donors (Lipinski definition) is 0. The van der Waals surface area contributed by atoms with Crippen LogP contribution in [0.4, 0.5) is 0 Å². The molecule has 0 aromatic heterocycles. The minimum absolute atomic E-state index is 0.500. The smallest absolute Gasteiger partial charge is 0.0757 e. The number of hydrogen-bond acceptors (Lipinski definition) is 2. The third-order valence-electron chi connectivity index (χ3n) is 3.74. The predicted molar refractivity (Wildman–Crippen MR) is 92.7 cm³/mol. The van der Waals surface area contributed by atoms with Crippen molar-refractivity contribution in [2.45, 2.75) is 29.9 Å². The highest BCUT2D eigenvalue weighted by molar-refractivity contribution is 8.15. The van der Waals surface area contributed by atoms with E-state index in [1.54, 1.807) is 0 Å². The molecule has 0 fully saturated rings. The molecule has 0 nitrogen and oxygen atoms in total. The van der Waals surface area contributed by atoms with E-state index in [-0.39, 0.29) is 0 Å². The Bertz CT molecular complexity index is 587. The molecule has 0 amide bonds. The van der Waals surface area contributed by atoms with Gasteiger partial charge in [-0.25, -0.2) is 0 Å². The Labute approximate surface area is 134 Å². The van der Waals surface area contributed by atoms with E-state index in [4.69, 9.17) is 11.6 Å². The Morgan fingerprint density at radius 3 is 1.90 bits per heavy atom. The molecule has 0 radical (unpaired) electrons. The van der Waals surface area contributed by atoms with Crippen LogP contribution in [0.2, 0.25) is 5.02 Å². The molecule has 0 atom stereocenters. The van der Waals surface area contributed by atoms with Crippen LogP contribution in [0.25, 0.3) is 0 Å². The standard InChI is InChI=1S/C17H17ClS2/c1-11-7-14-9-19-17(13-3-5-16(18)6-4-13)20-10-15(14)8-12(11)2/h3-8,17H,9-10H2,1-2H3. The average molecular weight is 321 g/mol. The lowest BCUT2D eigenvalue weighted by atomic mass is 10.0. The SMILES string of the molecule is Cc1cc2c(cc1C)CSC(c1ccc(Cl)cc1)SC2. The third kappa shape index (κ3) is 3.03.